The standard InChI is InChI=1S/C24H22ClF3N2O4/c1-14(15-6-8-17(9-7-15)23(34-32)10-3-11-23)21(31)29-13-19-20(16-4-2-5-18(25)12-16)30-22(33-19)24(26,27)28/h2,4-9,12,14,32H,3,10-11,13H2,1H3,(H,29,31). The van der Waals surface area contributed by atoms with Crippen LogP contribution < -0.4 is 5.32 Å². The summed E-state index contributed by atoms with van der Waals surface area (Å²) < 4.78 is 44.6. The van der Waals surface area contributed by atoms with Crippen molar-refractivity contribution in [2.45, 2.75) is 50.4 Å². The van der Waals surface area contributed by atoms with E-state index < -0.39 is 29.5 Å². The number of carbonyl (C=O) groups is 1. The number of amides is 1. The van der Waals surface area contributed by atoms with Crippen molar-refractivity contribution in [3.8, 4) is 11.3 Å². The van der Waals surface area contributed by atoms with E-state index >= 15 is 0 Å². The van der Waals surface area contributed by atoms with Crippen LogP contribution in [0.2, 0.25) is 5.02 Å². The van der Waals surface area contributed by atoms with Gasteiger partial charge in [0, 0.05) is 10.6 Å². The molecule has 1 aliphatic carbocycles. The second-order valence-electron chi connectivity index (χ2n) is 8.30. The molecule has 0 bridgehead atoms. The summed E-state index contributed by atoms with van der Waals surface area (Å²) in [6.45, 7) is 1.40. The number of nitrogens with zero attached hydrogens (tertiary/aromatic N) is 1. The van der Waals surface area contributed by atoms with E-state index in [4.69, 9.17) is 20.9 Å². The van der Waals surface area contributed by atoms with Gasteiger partial charge in [0.05, 0.1) is 12.5 Å². The molecule has 0 saturated heterocycles. The van der Waals surface area contributed by atoms with Gasteiger partial charge in [-0.1, -0.05) is 48.0 Å². The van der Waals surface area contributed by atoms with E-state index in [-0.39, 0.29) is 18.0 Å². The predicted molar refractivity (Wildman–Crippen MR) is 118 cm³/mol. The molecule has 3 aromatic rings. The number of halogens is 4. The van der Waals surface area contributed by atoms with Crippen LogP contribution in [0.1, 0.15) is 54.9 Å². The molecular weight excluding hydrogens is 473 g/mol. The third-order valence-electron chi connectivity index (χ3n) is 6.13. The molecule has 6 nitrogen and oxygen atoms in total. The van der Waals surface area contributed by atoms with Gasteiger partial charge in [0.25, 0.3) is 0 Å². The topological polar surface area (TPSA) is 84.6 Å². The summed E-state index contributed by atoms with van der Waals surface area (Å²) in [6, 6.07) is 13.4. The van der Waals surface area contributed by atoms with Crippen molar-refractivity contribution >= 4 is 17.5 Å². The second kappa shape index (κ2) is 9.40. The van der Waals surface area contributed by atoms with Crippen LogP contribution in [-0.2, 0) is 28.0 Å². The molecule has 1 fully saturated rings. The molecule has 1 aliphatic rings. The summed E-state index contributed by atoms with van der Waals surface area (Å²) in [6.07, 6.45) is -2.40. The summed E-state index contributed by atoms with van der Waals surface area (Å²) in [5.41, 5.74) is 1.14. The van der Waals surface area contributed by atoms with E-state index in [1.54, 1.807) is 49.4 Å². The van der Waals surface area contributed by atoms with Gasteiger partial charge in [-0.05, 0) is 49.4 Å². The average Bonchev–Trinajstić information content (AvgIpc) is 3.22. The largest absolute Gasteiger partial charge is 0.468 e. The first kappa shape index (κ1) is 24.3. The molecule has 1 amide bonds. The first-order valence-corrected chi connectivity index (χ1v) is 11.0. The number of nitrogens with one attached hydrogen (secondary N) is 1. The Balaban J connectivity index is 1.49. The zero-order valence-corrected chi connectivity index (χ0v) is 18.9. The molecular formula is C24H22ClF3N2O4. The predicted octanol–water partition coefficient (Wildman–Crippen LogP) is 6.30. The molecule has 34 heavy (non-hydrogen) atoms. The minimum atomic E-state index is -4.78. The van der Waals surface area contributed by atoms with Gasteiger partial charge in [0.15, 0.2) is 5.76 Å². The molecule has 4 rings (SSSR count). The zero-order valence-electron chi connectivity index (χ0n) is 18.2. The first-order chi connectivity index (χ1) is 16.1. The van der Waals surface area contributed by atoms with Crippen LogP contribution in [0.25, 0.3) is 11.3 Å². The molecule has 1 saturated carbocycles. The summed E-state index contributed by atoms with van der Waals surface area (Å²) in [7, 11) is 0. The summed E-state index contributed by atoms with van der Waals surface area (Å²) in [4.78, 5) is 21.0. The second-order valence-corrected chi connectivity index (χ2v) is 8.74. The third-order valence-corrected chi connectivity index (χ3v) is 6.36. The van der Waals surface area contributed by atoms with E-state index in [0.717, 1.165) is 12.0 Å². The Morgan fingerprint density at radius 2 is 1.97 bits per heavy atom. The number of benzene rings is 2. The minimum Gasteiger partial charge on any atom is -0.435 e. The van der Waals surface area contributed by atoms with Crippen molar-refractivity contribution < 1.29 is 32.5 Å². The molecule has 0 radical (unpaired) electrons. The lowest BCUT2D eigenvalue weighted by Gasteiger charge is -2.38. The van der Waals surface area contributed by atoms with Crippen LogP contribution in [0.3, 0.4) is 0 Å². The molecule has 2 N–H and O–H groups in total. The maximum absolute atomic E-state index is 13.2. The maximum atomic E-state index is 13.2. The Hall–Kier alpha value is -2.88. The minimum absolute atomic E-state index is 0.0399. The molecule has 180 valence electrons. The number of hydrogen-bond donors (Lipinski definition) is 2. The van der Waals surface area contributed by atoms with Gasteiger partial charge in [-0.15, -0.1) is 0 Å². The first-order valence-electron chi connectivity index (χ1n) is 10.7. The maximum Gasteiger partial charge on any atom is 0.468 e. The average molecular weight is 495 g/mol. The van der Waals surface area contributed by atoms with Gasteiger partial charge in [0.1, 0.15) is 11.3 Å². The molecule has 0 spiro atoms. The monoisotopic (exact) mass is 494 g/mol. The van der Waals surface area contributed by atoms with Crippen LogP contribution in [-0.4, -0.2) is 16.1 Å². The third kappa shape index (κ3) is 4.82. The lowest BCUT2D eigenvalue weighted by molar-refractivity contribution is -0.350. The Morgan fingerprint density at radius 3 is 2.53 bits per heavy atom. The van der Waals surface area contributed by atoms with Crippen molar-refractivity contribution in [3.63, 3.8) is 0 Å². The van der Waals surface area contributed by atoms with Gasteiger partial charge in [-0.2, -0.15) is 13.2 Å². The molecule has 1 atom stereocenters. The molecule has 1 heterocycles. The number of aromatic nitrogens is 1. The van der Waals surface area contributed by atoms with Crippen molar-refractivity contribution in [3.05, 3.63) is 76.3 Å². The quantitative estimate of drug-likeness (QED) is 0.297. The Bertz CT molecular complexity index is 1170. The van der Waals surface area contributed by atoms with Crippen LogP contribution in [0, 0.1) is 0 Å². The van der Waals surface area contributed by atoms with Crippen molar-refractivity contribution in [1.29, 1.82) is 0 Å². The number of oxazole rings is 1. The van der Waals surface area contributed by atoms with Crippen LogP contribution >= 0.6 is 11.6 Å². The van der Waals surface area contributed by atoms with Gasteiger partial charge < -0.3 is 9.73 Å². The van der Waals surface area contributed by atoms with Gasteiger partial charge in [-0.3, -0.25) is 10.1 Å². The van der Waals surface area contributed by atoms with E-state index in [1.807, 2.05) is 0 Å². The van der Waals surface area contributed by atoms with Gasteiger partial charge in [-0.25, -0.2) is 9.87 Å². The van der Waals surface area contributed by atoms with Crippen molar-refractivity contribution in [1.82, 2.24) is 10.3 Å². The van der Waals surface area contributed by atoms with E-state index in [0.29, 0.717) is 29.0 Å². The molecule has 1 aromatic heterocycles. The van der Waals surface area contributed by atoms with Gasteiger partial charge >= 0.3 is 12.1 Å². The normalized spacial score (nSPS) is 16.1. The Morgan fingerprint density at radius 1 is 1.26 bits per heavy atom. The van der Waals surface area contributed by atoms with Crippen LogP contribution in [0.4, 0.5) is 13.2 Å². The lowest BCUT2D eigenvalue weighted by atomic mass is 9.75. The fourth-order valence-corrected chi connectivity index (χ4v) is 4.12. The SMILES string of the molecule is CC(C(=O)NCc1oc(C(F)(F)F)nc1-c1cccc(Cl)c1)c1ccc(C2(OO)CCC2)cc1. The van der Waals surface area contributed by atoms with Crippen molar-refractivity contribution in [2.24, 2.45) is 0 Å². The fourth-order valence-electron chi connectivity index (χ4n) is 3.93. The van der Waals surface area contributed by atoms with E-state index in [1.165, 1.54) is 6.07 Å². The highest BCUT2D eigenvalue weighted by molar-refractivity contribution is 6.30. The number of rotatable bonds is 7. The smallest absolute Gasteiger partial charge is 0.435 e. The number of carbonyl (C=O) groups excluding carboxylic acids is 1. The highest BCUT2D eigenvalue weighted by Crippen LogP contribution is 2.44. The van der Waals surface area contributed by atoms with Gasteiger partial charge in [0.2, 0.25) is 5.91 Å². The molecule has 0 aliphatic heterocycles. The van der Waals surface area contributed by atoms with E-state index in [9.17, 15) is 23.2 Å². The van der Waals surface area contributed by atoms with Crippen molar-refractivity contribution in [2.75, 3.05) is 0 Å². The summed E-state index contributed by atoms with van der Waals surface area (Å²) in [5.74, 6) is -2.50. The summed E-state index contributed by atoms with van der Waals surface area (Å²) >= 11 is 5.97. The Labute approximate surface area is 198 Å². The van der Waals surface area contributed by atoms with E-state index in [2.05, 4.69) is 10.3 Å². The highest BCUT2D eigenvalue weighted by atomic mass is 35.5. The Kier molecular flexibility index (Phi) is 6.71. The fraction of sp³-hybridized carbons (Fsp3) is 0.333. The van der Waals surface area contributed by atoms with Crippen LogP contribution in [0.15, 0.2) is 52.9 Å². The molecule has 10 heteroatoms. The zero-order chi connectivity index (χ0) is 24.5. The molecule has 2 aromatic carbocycles. The number of alkyl halides is 3. The lowest BCUT2D eigenvalue weighted by Crippen LogP contribution is -2.36. The number of hydrogen-bond acceptors (Lipinski definition) is 5. The van der Waals surface area contributed by atoms with Crippen LogP contribution in [0.5, 0.6) is 0 Å². The summed E-state index contributed by atoms with van der Waals surface area (Å²) in [5, 5.41) is 12.2. The highest BCUT2D eigenvalue weighted by Gasteiger charge is 2.41. The molecule has 1 unspecified atom stereocenters.